The third kappa shape index (κ3) is 8.19. The van der Waals surface area contributed by atoms with Gasteiger partial charge in [-0.25, -0.2) is 10.2 Å². The van der Waals surface area contributed by atoms with Gasteiger partial charge in [-0.3, -0.25) is 4.79 Å². The molecule has 0 radical (unpaired) electrons. The van der Waals surface area contributed by atoms with E-state index in [9.17, 15) is 9.59 Å². The van der Waals surface area contributed by atoms with Gasteiger partial charge in [0, 0.05) is 16.7 Å². The molecule has 0 heterocycles. The second-order valence-corrected chi connectivity index (χ2v) is 8.31. The summed E-state index contributed by atoms with van der Waals surface area (Å²) in [5, 5.41) is 4.66. The molecular formula is C30H23ClN2O4. The molecule has 0 saturated carbocycles. The van der Waals surface area contributed by atoms with Crippen LogP contribution in [0.4, 0.5) is 0 Å². The minimum Gasteiger partial charge on any atom is -0.489 e. The van der Waals surface area contributed by atoms with Gasteiger partial charge in [0.25, 0.3) is 5.91 Å². The summed E-state index contributed by atoms with van der Waals surface area (Å²) in [7, 11) is 0. The quantitative estimate of drug-likeness (QED) is 0.0942. The monoisotopic (exact) mass is 510 g/mol. The predicted molar refractivity (Wildman–Crippen MR) is 145 cm³/mol. The summed E-state index contributed by atoms with van der Waals surface area (Å²) in [6.07, 6.45) is 4.56. The Morgan fingerprint density at radius 1 is 0.784 bits per heavy atom. The second kappa shape index (κ2) is 12.9. The first-order valence-electron chi connectivity index (χ1n) is 11.4. The van der Waals surface area contributed by atoms with Crippen molar-refractivity contribution in [1.29, 1.82) is 0 Å². The Labute approximate surface area is 219 Å². The number of hydrogen-bond donors (Lipinski definition) is 1. The van der Waals surface area contributed by atoms with Crippen molar-refractivity contribution in [3.05, 3.63) is 136 Å². The van der Waals surface area contributed by atoms with E-state index in [-0.39, 0.29) is 5.91 Å². The van der Waals surface area contributed by atoms with Crippen molar-refractivity contribution in [3.63, 3.8) is 0 Å². The van der Waals surface area contributed by atoms with Crippen LogP contribution in [0.15, 0.2) is 114 Å². The minimum absolute atomic E-state index is 0.351. The SMILES string of the molecule is O=C(C=Cc1ccccc1)Oc1ccc(C=NNC(=O)c2ccc(OCc3ccc(Cl)cc3)cc2)cc1. The highest BCUT2D eigenvalue weighted by Gasteiger charge is 2.05. The molecule has 0 fully saturated rings. The van der Waals surface area contributed by atoms with Gasteiger partial charge in [-0.2, -0.15) is 5.10 Å². The van der Waals surface area contributed by atoms with Crippen LogP contribution in [-0.4, -0.2) is 18.1 Å². The zero-order valence-electron chi connectivity index (χ0n) is 19.7. The molecule has 0 atom stereocenters. The lowest BCUT2D eigenvalue weighted by Gasteiger charge is -2.07. The molecule has 0 saturated heterocycles. The van der Waals surface area contributed by atoms with Crippen molar-refractivity contribution in [3.8, 4) is 11.5 Å². The van der Waals surface area contributed by atoms with Gasteiger partial charge >= 0.3 is 5.97 Å². The Morgan fingerprint density at radius 3 is 2.16 bits per heavy atom. The molecule has 184 valence electrons. The predicted octanol–water partition coefficient (Wildman–Crippen LogP) is 6.30. The molecule has 0 aromatic heterocycles. The molecule has 7 heteroatoms. The molecule has 0 aliphatic heterocycles. The number of carbonyl (C=O) groups is 2. The summed E-state index contributed by atoms with van der Waals surface area (Å²) >= 11 is 5.89. The molecule has 4 aromatic rings. The number of hydrogen-bond acceptors (Lipinski definition) is 5. The van der Waals surface area contributed by atoms with E-state index >= 15 is 0 Å². The number of ether oxygens (including phenoxy) is 2. The van der Waals surface area contributed by atoms with E-state index in [1.807, 2.05) is 54.6 Å². The summed E-state index contributed by atoms with van der Waals surface area (Å²) < 4.78 is 11.0. The molecule has 0 aliphatic carbocycles. The molecule has 1 amide bonds. The number of nitrogens with one attached hydrogen (secondary N) is 1. The lowest BCUT2D eigenvalue weighted by atomic mass is 10.2. The van der Waals surface area contributed by atoms with Crippen LogP contribution in [0.5, 0.6) is 11.5 Å². The van der Waals surface area contributed by atoms with E-state index in [1.54, 1.807) is 54.6 Å². The fraction of sp³-hybridized carbons (Fsp3) is 0.0333. The minimum atomic E-state index is -0.473. The van der Waals surface area contributed by atoms with Gasteiger partial charge in [-0.1, -0.05) is 54.1 Å². The number of benzene rings is 4. The van der Waals surface area contributed by atoms with E-state index < -0.39 is 5.97 Å². The molecular weight excluding hydrogens is 488 g/mol. The highest BCUT2D eigenvalue weighted by Crippen LogP contribution is 2.16. The molecule has 6 nitrogen and oxygen atoms in total. The Kier molecular flexibility index (Phi) is 8.83. The van der Waals surface area contributed by atoms with Crippen LogP contribution in [0.1, 0.15) is 27.0 Å². The van der Waals surface area contributed by atoms with Gasteiger partial charge in [0.15, 0.2) is 0 Å². The van der Waals surface area contributed by atoms with Gasteiger partial charge in [-0.15, -0.1) is 0 Å². The van der Waals surface area contributed by atoms with Crippen LogP contribution in [0, 0.1) is 0 Å². The smallest absolute Gasteiger partial charge is 0.336 e. The molecule has 0 bridgehead atoms. The number of halogens is 1. The summed E-state index contributed by atoms with van der Waals surface area (Å²) in [6.45, 7) is 0.398. The van der Waals surface area contributed by atoms with Crippen LogP contribution in [0.25, 0.3) is 6.08 Å². The van der Waals surface area contributed by atoms with E-state index in [4.69, 9.17) is 21.1 Å². The average molecular weight is 511 g/mol. The van der Waals surface area contributed by atoms with Crippen molar-refractivity contribution in [2.24, 2.45) is 5.10 Å². The van der Waals surface area contributed by atoms with Gasteiger partial charge in [0.1, 0.15) is 18.1 Å². The van der Waals surface area contributed by atoms with Crippen molar-refractivity contribution < 1.29 is 19.1 Å². The first kappa shape index (κ1) is 25.4. The van der Waals surface area contributed by atoms with Gasteiger partial charge < -0.3 is 9.47 Å². The van der Waals surface area contributed by atoms with Crippen LogP contribution in [0.2, 0.25) is 5.02 Å². The summed E-state index contributed by atoms with van der Waals surface area (Å²) in [5.74, 6) is 0.226. The average Bonchev–Trinajstić information content (AvgIpc) is 2.93. The Hall–Kier alpha value is -4.68. The first-order valence-corrected chi connectivity index (χ1v) is 11.8. The Morgan fingerprint density at radius 2 is 1.46 bits per heavy atom. The van der Waals surface area contributed by atoms with Gasteiger partial charge in [0.2, 0.25) is 0 Å². The number of carbonyl (C=O) groups excluding carboxylic acids is 2. The molecule has 37 heavy (non-hydrogen) atoms. The first-order chi connectivity index (χ1) is 18.0. The zero-order valence-corrected chi connectivity index (χ0v) is 20.5. The van der Waals surface area contributed by atoms with Crippen molar-refractivity contribution >= 4 is 35.8 Å². The van der Waals surface area contributed by atoms with Gasteiger partial charge in [0.05, 0.1) is 6.21 Å². The maximum atomic E-state index is 12.4. The van der Waals surface area contributed by atoms with Gasteiger partial charge in [-0.05, 0) is 83.4 Å². The van der Waals surface area contributed by atoms with E-state index in [2.05, 4.69) is 10.5 Å². The molecule has 4 rings (SSSR count). The molecule has 1 N–H and O–H groups in total. The maximum absolute atomic E-state index is 12.4. The summed E-state index contributed by atoms with van der Waals surface area (Å²) in [6, 6.07) is 30.4. The Balaban J connectivity index is 1.23. The van der Waals surface area contributed by atoms with E-state index in [1.165, 1.54) is 12.3 Å². The third-order valence-electron chi connectivity index (χ3n) is 5.12. The maximum Gasteiger partial charge on any atom is 0.336 e. The van der Waals surface area contributed by atoms with E-state index in [0.717, 1.165) is 16.7 Å². The molecule has 0 aliphatic rings. The Bertz CT molecular complexity index is 1380. The lowest BCUT2D eigenvalue weighted by Crippen LogP contribution is -2.17. The number of rotatable bonds is 9. The lowest BCUT2D eigenvalue weighted by molar-refractivity contribution is -0.128. The number of hydrazone groups is 1. The zero-order chi connectivity index (χ0) is 25.9. The summed E-state index contributed by atoms with van der Waals surface area (Å²) in [4.78, 5) is 24.3. The molecule has 4 aromatic carbocycles. The fourth-order valence-corrected chi connectivity index (χ4v) is 3.31. The summed E-state index contributed by atoms with van der Waals surface area (Å²) in [5.41, 5.74) is 5.57. The van der Waals surface area contributed by atoms with Crippen molar-refractivity contribution in [2.45, 2.75) is 6.61 Å². The van der Waals surface area contributed by atoms with Crippen LogP contribution >= 0.6 is 11.6 Å². The topological polar surface area (TPSA) is 77.0 Å². The number of esters is 1. The van der Waals surface area contributed by atoms with Crippen LogP contribution < -0.4 is 14.9 Å². The largest absolute Gasteiger partial charge is 0.489 e. The second-order valence-electron chi connectivity index (χ2n) is 7.87. The standard InChI is InChI=1S/C30H23ClN2O4/c31-26-13-6-24(7-14-26)21-36-27-17-11-25(12-18-27)30(35)33-32-20-23-8-15-28(16-9-23)37-29(34)19-10-22-4-2-1-3-5-22/h1-20H,21H2,(H,33,35). The number of nitrogens with zero attached hydrogens (tertiary/aromatic N) is 1. The molecule has 0 unspecified atom stereocenters. The van der Waals surface area contributed by atoms with Crippen LogP contribution in [-0.2, 0) is 11.4 Å². The number of amides is 1. The third-order valence-corrected chi connectivity index (χ3v) is 5.38. The van der Waals surface area contributed by atoms with Crippen molar-refractivity contribution in [1.82, 2.24) is 5.43 Å². The fourth-order valence-electron chi connectivity index (χ4n) is 3.18. The normalized spacial score (nSPS) is 10.9. The van der Waals surface area contributed by atoms with Crippen molar-refractivity contribution in [2.75, 3.05) is 0 Å². The van der Waals surface area contributed by atoms with Crippen LogP contribution in [0.3, 0.4) is 0 Å². The highest BCUT2D eigenvalue weighted by molar-refractivity contribution is 6.30. The molecule has 0 spiro atoms. The highest BCUT2D eigenvalue weighted by atomic mass is 35.5. The van der Waals surface area contributed by atoms with E-state index in [0.29, 0.717) is 28.7 Å².